The Hall–Kier alpha value is -2.47. The third kappa shape index (κ3) is 7.81. The van der Waals surface area contributed by atoms with Gasteiger partial charge in [0.05, 0.1) is 12.9 Å². The smallest absolute Gasteiger partial charge is 0.243 e. The van der Waals surface area contributed by atoms with E-state index in [-0.39, 0.29) is 17.9 Å². The summed E-state index contributed by atoms with van der Waals surface area (Å²) in [7, 11) is 1.65. The Labute approximate surface area is 202 Å². The molecule has 2 aromatic carbocycles. The number of rotatable bonds is 11. The van der Waals surface area contributed by atoms with Crippen LogP contribution in [0.4, 0.5) is 0 Å². The van der Waals surface area contributed by atoms with Gasteiger partial charge in [0.15, 0.2) is 0 Å². The standard InChI is InChI=1S/C27H36N2O3S/c1-3-25(27(31)28-23-12-8-5-9-13-23)29(18-21-10-6-4-7-11-21)26(30)20-33-19-22-14-16-24(32-2)17-15-22/h4,6-7,10-11,14-17,23,25H,3,5,8-9,12-13,18-20H2,1-2H3,(H,28,31)/t25-/m0/s1. The molecule has 1 N–H and O–H groups in total. The quantitative estimate of drug-likeness (QED) is 0.493. The number of ether oxygens (including phenoxy) is 1. The van der Waals surface area contributed by atoms with E-state index in [2.05, 4.69) is 5.32 Å². The molecule has 0 heterocycles. The molecule has 0 radical (unpaired) electrons. The van der Waals surface area contributed by atoms with E-state index in [1.54, 1.807) is 23.8 Å². The Balaban J connectivity index is 1.65. The second kappa shape index (κ2) is 13.3. The van der Waals surface area contributed by atoms with Crippen LogP contribution in [0.3, 0.4) is 0 Å². The van der Waals surface area contributed by atoms with Gasteiger partial charge in [-0.2, -0.15) is 0 Å². The van der Waals surface area contributed by atoms with Crippen molar-refractivity contribution in [1.82, 2.24) is 10.2 Å². The number of methoxy groups -OCH3 is 1. The summed E-state index contributed by atoms with van der Waals surface area (Å²) in [6.45, 7) is 2.43. The van der Waals surface area contributed by atoms with Gasteiger partial charge in [0.25, 0.3) is 0 Å². The summed E-state index contributed by atoms with van der Waals surface area (Å²) in [5.41, 5.74) is 2.18. The van der Waals surface area contributed by atoms with Crippen molar-refractivity contribution in [3.8, 4) is 5.75 Å². The molecule has 2 amide bonds. The first-order valence-electron chi connectivity index (χ1n) is 11.9. The lowest BCUT2D eigenvalue weighted by Gasteiger charge is -2.32. The number of thioether (sulfide) groups is 1. The van der Waals surface area contributed by atoms with Crippen molar-refractivity contribution in [2.24, 2.45) is 0 Å². The zero-order valence-corrected chi connectivity index (χ0v) is 20.6. The average molecular weight is 469 g/mol. The molecule has 0 spiro atoms. The van der Waals surface area contributed by atoms with Crippen molar-refractivity contribution >= 4 is 23.6 Å². The molecule has 3 rings (SSSR count). The number of nitrogens with one attached hydrogen (secondary N) is 1. The Kier molecular flexibility index (Phi) is 10.1. The molecular weight excluding hydrogens is 432 g/mol. The van der Waals surface area contributed by atoms with Gasteiger partial charge in [-0.25, -0.2) is 0 Å². The van der Waals surface area contributed by atoms with Crippen LogP contribution in [0.25, 0.3) is 0 Å². The van der Waals surface area contributed by atoms with Crippen molar-refractivity contribution in [1.29, 1.82) is 0 Å². The fourth-order valence-corrected chi connectivity index (χ4v) is 5.18. The van der Waals surface area contributed by atoms with Crippen LogP contribution in [-0.4, -0.2) is 41.7 Å². The van der Waals surface area contributed by atoms with E-state index in [9.17, 15) is 9.59 Å². The third-order valence-corrected chi connectivity index (χ3v) is 7.18. The van der Waals surface area contributed by atoms with Crippen LogP contribution in [0.2, 0.25) is 0 Å². The van der Waals surface area contributed by atoms with Crippen LogP contribution in [0.15, 0.2) is 54.6 Å². The minimum atomic E-state index is -0.457. The van der Waals surface area contributed by atoms with E-state index >= 15 is 0 Å². The van der Waals surface area contributed by atoms with Gasteiger partial charge in [-0.15, -0.1) is 11.8 Å². The van der Waals surface area contributed by atoms with Gasteiger partial charge in [-0.3, -0.25) is 9.59 Å². The summed E-state index contributed by atoms with van der Waals surface area (Å²) >= 11 is 1.58. The number of hydrogen-bond donors (Lipinski definition) is 1. The van der Waals surface area contributed by atoms with Crippen molar-refractivity contribution in [3.63, 3.8) is 0 Å². The fourth-order valence-electron chi connectivity index (χ4n) is 4.30. The first-order chi connectivity index (χ1) is 16.1. The van der Waals surface area contributed by atoms with Crippen LogP contribution < -0.4 is 10.1 Å². The molecule has 0 aliphatic heterocycles. The lowest BCUT2D eigenvalue weighted by atomic mass is 9.95. The molecule has 6 heteroatoms. The van der Waals surface area contributed by atoms with Crippen LogP contribution in [0.5, 0.6) is 5.75 Å². The number of hydrogen-bond acceptors (Lipinski definition) is 4. The molecular formula is C27H36N2O3S. The monoisotopic (exact) mass is 468 g/mol. The van der Waals surface area contributed by atoms with Gasteiger partial charge < -0.3 is 15.0 Å². The van der Waals surface area contributed by atoms with E-state index in [1.807, 2.05) is 61.5 Å². The predicted octanol–water partition coefficient (Wildman–Crippen LogP) is 5.18. The number of carbonyl (C=O) groups excluding carboxylic acids is 2. The predicted molar refractivity (Wildman–Crippen MR) is 135 cm³/mol. The van der Waals surface area contributed by atoms with Gasteiger partial charge in [0, 0.05) is 18.3 Å². The molecule has 1 fully saturated rings. The highest BCUT2D eigenvalue weighted by atomic mass is 32.2. The Bertz CT molecular complexity index is 867. The second-order valence-corrected chi connectivity index (χ2v) is 9.60. The zero-order valence-electron chi connectivity index (χ0n) is 19.8. The number of amides is 2. The molecule has 0 bridgehead atoms. The summed E-state index contributed by atoms with van der Waals surface area (Å²) in [5, 5.41) is 3.23. The van der Waals surface area contributed by atoms with Gasteiger partial charge in [0.2, 0.25) is 11.8 Å². The van der Waals surface area contributed by atoms with Crippen molar-refractivity contribution in [2.45, 2.75) is 69.8 Å². The molecule has 1 atom stereocenters. The third-order valence-electron chi connectivity index (χ3n) is 6.19. The van der Waals surface area contributed by atoms with Crippen molar-refractivity contribution < 1.29 is 14.3 Å². The van der Waals surface area contributed by atoms with Gasteiger partial charge in [0.1, 0.15) is 11.8 Å². The normalized spacial score (nSPS) is 15.0. The van der Waals surface area contributed by atoms with Gasteiger partial charge >= 0.3 is 0 Å². The second-order valence-electron chi connectivity index (χ2n) is 8.62. The summed E-state index contributed by atoms with van der Waals surface area (Å²) in [6.07, 6.45) is 6.24. The summed E-state index contributed by atoms with van der Waals surface area (Å²) < 4.78 is 5.21. The summed E-state index contributed by atoms with van der Waals surface area (Å²) in [4.78, 5) is 28.3. The van der Waals surface area contributed by atoms with Crippen molar-refractivity contribution in [2.75, 3.05) is 12.9 Å². The average Bonchev–Trinajstić information content (AvgIpc) is 2.85. The number of carbonyl (C=O) groups is 2. The highest BCUT2D eigenvalue weighted by Crippen LogP contribution is 2.21. The lowest BCUT2D eigenvalue weighted by Crippen LogP contribution is -2.52. The molecule has 33 heavy (non-hydrogen) atoms. The van der Waals surface area contributed by atoms with Crippen LogP contribution in [0, 0.1) is 0 Å². The number of benzene rings is 2. The molecule has 0 aromatic heterocycles. The molecule has 1 aliphatic rings. The van der Waals surface area contributed by atoms with Crippen LogP contribution in [-0.2, 0) is 21.9 Å². The largest absolute Gasteiger partial charge is 0.497 e. The van der Waals surface area contributed by atoms with Gasteiger partial charge in [-0.05, 0) is 42.5 Å². The Morgan fingerprint density at radius 2 is 1.73 bits per heavy atom. The number of nitrogens with zero attached hydrogens (tertiary/aromatic N) is 1. The van der Waals surface area contributed by atoms with E-state index in [1.165, 1.54) is 6.42 Å². The first kappa shape index (κ1) is 25.2. The zero-order chi connectivity index (χ0) is 23.5. The first-order valence-corrected chi connectivity index (χ1v) is 13.1. The molecule has 178 valence electrons. The van der Waals surface area contributed by atoms with Crippen molar-refractivity contribution in [3.05, 3.63) is 65.7 Å². The van der Waals surface area contributed by atoms with E-state index < -0.39 is 6.04 Å². The molecule has 1 aliphatic carbocycles. The highest BCUT2D eigenvalue weighted by Gasteiger charge is 2.30. The summed E-state index contributed by atoms with van der Waals surface area (Å²) in [5.74, 6) is 1.88. The highest BCUT2D eigenvalue weighted by molar-refractivity contribution is 7.99. The van der Waals surface area contributed by atoms with E-state index in [4.69, 9.17) is 4.74 Å². The molecule has 0 saturated heterocycles. The Morgan fingerprint density at radius 1 is 1.03 bits per heavy atom. The topological polar surface area (TPSA) is 58.6 Å². The fraction of sp³-hybridized carbons (Fsp3) is 0.481. The maximum absolute atomic E-state index is 13.3. The maximum atomic E-state index is 13.3. The minimum absolute atomic E-state index is 0.00279. The molecule has 5 nitrogen and oxygen atoms in total. The Morgan fingerprint density at radius 3 is 2.36 bits per heavy atom. The maximum Gasteiger partial charge on any atom is 0.243 e. The van der Waals surface area contributed by atoms with Gasteiger partial charge in [-0.1, -0.05) is 68.7 Å². The summed E-state index contributed by atoms with van der Waals surface area (Å²) in [6, 6.07) is 17.6. The lowest BCUT2D eigenvalue weighted by molar-refractivity contribution is -0.139. The van der Waals surface area contributed by atoms with E-state index in [0.29, 0.717) is 18.7 Å². The molecule has 0 unspecified atom stereocenters. The van der Waals surface area contributed by atoms with E-state index in [0.717, 1.165) is 48.3 Å². The van der Waals surface area contributed by atoms with Crippen LogP contribution in [0.1, 0.15) is 56.6 Å². The molecule has 1 saturated carbocycles. The molecule has 2 aromatic rings. The SMILES string of the molecule is CC[C@@H](C(=O)NC1CCCCC1)N(Cc1ccccc1)C(=O)CSCc1ccc(OC)cc1. The van der Waals surface area contributed by atoms with Crippen LogP contribution >= 0.6 is 11.8 Å². The minimum Gasteiger partial charge on any atom is -0.497 e.